The van der Waals surface area contributed by atoms with Crippen molar-refractivity contribution in [1.29, 1.82) is 0 Å². The molecule has 1 unspecified atom stereocenters. The molecule has 0 bridgehead atoms. The molecule has 0 spiro atoms. The quantitative estimate of drug-likeness (QED) is 0.489. The second kappa shape index (κ2) is 5.86. The summed E-state index contributed by atoms with van der Waals surface area (Å²) >= 11 is -2.45. The zero-order valence-electron chi connectivity index (χ0n) is 7.58. The van der Waals surface area contributed by atoms with Crippen LogP contribution in [0.2, 0.25) is 0 Å². The van der Waals surface area contributed by atoms with Gasteiger partial charge in [-0.05, 0) is 35.3 Å². The van der Waals surface area contributed by atoms with Crippen molar-refractivity contribution < 1.29 is 56.2 Å². The Labute approximate surface area is 108 Å². The molecule has 0 saturated carbocycles. The first kappa shape index (κ1) is 14.9. The fraction of sp³-hybridized carbons (Fsp3) is 0.143. The van der Waals surface area contributed by atoms with E-state index >= 15 is 0 Å². The molecule has 1 rings (SSSR count). The summed E-state index contributed by atoms with van der Waals surface area (Å²) in [6.45, 7) is 0. The van der Waals surface area contributed by atoms with Gasteiger partial charge < -0.3 is 9.29 Å². The van der Waals surface area contributed by atoms with Crippen LogP contribution in [0, 0.1) is 0 Å². The Kier molecular flexibility index (Phi) is 5.82. The van der Waals surface area contributed by atoms with Crippen LogP contribution in [-0.4, -0.2) is 15.1 Å². The van der Waals surface area contributed by atoms with Crippen LogP contribution in [-0.2, 0) is 11.1 Å². The van der Waals surface area contributed by atoms with Crippen LogP contribution in [0.15, 0.2) is 29.2 Å². The normalized spacial score (nSPS) is 12.8. The topological polar surface area (TPSA) is 49.4 Å². The number of alkyl halides is 3. The average Bonchev–Trinajstić information content (AvgIpc) is 2.02. The van der Waals surface area contributed by atoms with Gasteiger partial charge in [-0.25, -0.2) is 0 Å². The SMILES string of the molecule is O=S([O-])c1ccc(OC(F)(F)F)cc1.[Na+]. The molecule has 0 heterocycles. The number of benzene rings is 1. The molecule has 15 heavy (non-hydrogen) atoms. The molecule has 0 fully saturated rings. The third-order valence-electron chi connectivity index (χ3n) is 1.25. The summed E-state index contributed by atoms with van der Waals surface area (Å²) in [5.41, 5.74) is 0. The van der Waals surface area contributed by atoms with Crippen molar-refractivity contribution in [2.45, 2.75) is 11.3 Å². The van der Waals surface area contributed by atoms with Gasteiger partial charge in [-0.2, -0.15) is 0 Å². The standard InChI is InChI=1S/C7H5F3O3S.Na/c8-7(9,10)13-5-1-3-6(4-2-5)14(11)12;/h1-4H,(H,11,12);/q;+1/p-1. The summed E-state index contributed by atoms with van der Waals surface area (Å²) in [5, 5.41) is 0. The molecule has 0 aliphatic heterocycles. The number of halogens is 3. The summed E-state index contributed by atoms with van der Waals surface area (Å²) in [5.74, 6) is -0.452. The summed E-state index contributed by atoms with van der Waals surface area (Å²) in [4.78, 5) is -0.0977. The van der Waals surface area contributed by atoms with Crippen molar-refractivity contribution in [3.8, 4) is 5.75 Å². The summed E-state index contributed by atoms with van der Waals surface area (Å²) in [6, 6.07) is 3.89. The minimum absolute atomic E-state index is 0. The van der Waals surface area contributed by atoms with Crippen molar-refractivity contribution >= 4 is 11.1 Å². The van der Waals surface area contributed by atoms with Gasteiger partial charge in [0.1, 0.15) is 5.75 Å². The van der Waals surface area contributed by atoms with Gasteiger partial charge in [0.2, 0.25) is 0 Å². The van der Waals surface area contributed by atoms with Crippen molar-refractivity contribution in [3.05, 3.63) is 24.3 Å². The second-order valence-electron chi connectivity index (χ2n) is 2.25. The summed E-state index contributed by atoms with van der Waals surface area (Å²) in [6.07, 6.45) is -4.77. The molecule has 0 aromatic heterocycles. The Morgan fingerprint density at radius 2 is 1.67 bits per heavy atom. The Morgan fingerprint density at radius 1 is 1.20 bits per heavy atom. The van der Waals surface area contributed by atoms with Gasteiger partial charge >= 0.3 is 35.9 Å². The van der Waals surface area contributed by atoms with Crippen molar-refractivity contribution in [2.75, 3.05) is 0 Å². The van der Waals surface area contributed by atoms with Gasteiger partial charge in [0.15, 0.2) is 0 Å². The molecule has 0 N–H and O–H groups in total. The fourth-order valence-corrected chi connectivity index (χ4v) is 1.11. The van der Waals surface area contributed by atoms with Crippen LogP contribution in [0.4, 0.5) is 13.2 Å². The van der Waals surface area contributed by atoms with Crippen LogP contribution in [0.1, 0.15) is 0 Å². The maximum atomic E-state index is 11.7. The summed E-state index contributed by atoms with van der Waals surface area (Å²) < 4.78 is 59.2. The Bertz CT molecular complexity index is 338. The van der Waals surface area contributed by atoms with Crippen LogP contribution >= 0.6 is 0 Å². The molecule has 0 aliphatic rings. The van der Waals surface area contributed by atoms with E-state index in [2.05, 4.69) is 4.74 Å². The number of rotatable bonds is 2. The van der Waals surface area contributed by atoms with Gasteiger partial charge in [-0.3, -0.25) is 4.21 Å². The smallest absolute Gasteiger partial charge is 0.768 e. The molecular weight excluding hydrogens is 244 g/mol. The van der Waals surface area contributed by atoms with Crippen molar-refractivity contribution in [1.82, 2.24) is 0 Å². The monoisotopic (exact) mass is 248 g/mol. The molecule has 0 aliphatic carbocycles. The molecule has 0 amide bonds. The molecule has 8 heteroatoms. The predicted molar refractivity (Wildman–Crippen MR) is 40.3 cm³/mol. The first-order chi connectivity index (χ1) is 6.38. The maximum Gasteiger partial charge on any atom is 1.00 e. The average molecular weight is 248 g/mol. The molecule has 1 aromatic rings. The van der Waals surface area contributed by atoms with E-state index < -0.39 is 23.2 Å². The van der Waals surface area contributed by atoms with Gasteiger partial charge in [0.05, 0.1) is 0 Å². The van der Waals surface area contributed by atoms with E-state index in [1.165, 1.54) is 0 Å². The minimum Gasteiger partial charge on any atom is -0.768 e. The predicted octanol–water partition coefficient (Wildman–Crippen LogP) is -1.17. The van der Waals surface area contributed by atoms with Crippen LogP contribution in [0.3, 0.4) is 0 Å². The fourth-order valence-electron chi connectivity index (χ4n) is 0.752. The maximum absolute atomic E-state index is 11.7. The molecule has 1 aromatic carbocycles. The number of hydrogen-bond acceptors (Lipinski definition) is 3. The first-order valence-corrected chi connectivity index (χ1v) is 4.41. The van der Waals surface area contributed by atoms with E-state index in [9.17, 15) is 21.9 Å². The number of ether oxygens (including phenoxy) is 1. The Morgan fingerprint density at radius 3 is 2.00 bits per heavy atom. The molecule has 1 atom stereocenters. The van der Waals surface area contributed by atoms with Gasteiger partial charge in [-0.15, -0.1) is 13.2 Å². The van der Waals surface area contributed by atoms with E-state index in [0.29, 0.717) is 0 Å². The van der Waals surface area contributed by atoms with Crippen molar-refractivity contribution in [2.24, 2.45) is 0 Å². The molecule has 0 saturated heterocycles. The van der Waals surface area contributed by atoms with Crippen LogP contribution in [0.25, 0.3) is 0 Å². The van der Waals surface area contributed by atoms with Gasteiger partial charge in [-0.1, -0.05) is 0 Å². The zero-order valence-corrected chi connectivity index (χ0v) is 10.4. The molecule has 0 radical (unpaired) electrons. The molecular formula is C7H4F3NaO3S. The van der Waals surface area contributed by atoms with Gasteiger partial charge in [0.25, 0.3) is 0 Å². The van der Waals surface area contributed by atoms with E-state index in [4.69, 9.17) is 0 Å². The third-order valence-corrected chi connectivity index (χ3v) is 1.91. The zero-order chi connectivity index (χ0) is 10.8. The minimum atomic E-state index is -4.77. The van der Waals surface area contributed by atoms with Gasteiger partial charge in [0, 0.05) is 4.90 Å². The van der Waals surface area contributed by atoms with Crippen LogP contribution < -0.4 is 34.3 Å². The van der Waals surface area contributed by atoms with E-state index in [1.54, 1.807) is 0 Å². The third kappa shape index (κ3) is 5.53. The summed E-state index contributed by atoms with van der Waals surface area (Å²) in [7, 11) is 0. The van der Waals surface area contributed by atoms with Crippen LogP contribution in [0.5, 0.6) is 5.75 Å². The van der Waals surface area contributed by atoms with E-state index in [0.717, 1.165) is 24.3 Å². The second-order valence-corrected chi connectivity index (χ2v) is 3.19. The number of hydrogen-bond donors (Lipinski definition) is 0. The van der Waals surface area contributed by atoms with E-state index in [-0.39, 0.29) is 34.5 Å². The first-order valence-electron chi connectivity index (χ1n) is 3.33. The van der Waals surface area contributed by atoms with E-state index in [1.807, 2.05) is 0 Å². The Hall–Kier alpha value is -0.0800. The Balaban J connectivity index is 0.00000196. The molecule has 3 nitrogen and oxygen atoms in total. The van der Waals surface area contributed by atoms with Crippen molar-refractivity contribution in [3.63, 3.8) is 0 Å². The molecule has 78 valence electrons. The largest absolute Gasteiger partial charge is 1.00 e.